The average molecular weight is 283 g/mol. The lowest BCUT2D eigenvalue weighted by Crippen LogP contribution is -2.48. The third-order valence-corrected chi connectivity index (χ3v) is 4.64. The first kappa shape index (κ1) is 14.7. The molecule has 2 atom stereocenters. The van der Waals surface area contributed by atoms with Crippen molar-refractivity contribution in [2.24, 2.45) is 17.6 Å². The second-order valence-electron chi connectivity index (χ2n) is 6.04. The Labute approximate surface area is 121 Å². The van der Waals surface area contributed by atoms with Gasteiger partial charge in [-0.15, -0.1) is 0 Å². The van der Waals surface area contributed by atoms with Crippen molar-refractivity contribution in [3.8, 4) is 0 Å². The molecule has 1 saturated carbocycles. The van der Waals surface area contributed by atoms with Crippen molar-refractivity contribution in [1.82, 2.24) is 10.2 Å². The van der Waals surface area contributed by atoms with Gasteiger partial charge in [0.1, 0.15) is 0 Å². The van der Waals surface area contributed by atoms with E-state index in [1.54, 1.807) is 0 Å². The first-order chi connectivity index (χ1) is 9.06. The van der Waals surface area contributed by atoms with E-state index in [1.807, 2.05) is 0 Å². The number of amides is 1. The average Bonchev–Trinajstić information content (AvgIpc) is 2.77. The maximum Gasteiger partial charge on any atom is 0.223 e. The highest BCUT2D eigenvalue weighted by molar-refractivity contribution is 7.80. The van der Waals surface area contributed by atoms with Crippen molar-refractivity contribution in [3.63, 3.8) is 0 Å². The van der Waals surface area contributed by atoms with E-state index in [2.05, 4.69) is 17.1 Å². The van der Waals surface area contributed by atoms with Crippen LogP contribution < -0.4 is 11.1 Å². The quantitative estimate of drug-likeness (QED) is 0.763. The molecule has 1 amide bonds. The molecule has 2 fully saturated rings. The van der Waals surface area contributed by atoms with Crippen molar-refractivity contribution >= 4 is 23.1 Å². The number of hydrogen-bond donors (Lipinski definition) is 2. The van der Waals surface area contributed by atoms with E-state index >= 15 is 0 Å². The second kappa shape index (κ2) is 6.66. The number of nitrogens with one attached hydrogen (secondary N) is 1. The number of carbonyl (C=O) groups excluding carboxylic acids is 1. The van der Waals surface area contributed by atoms with Gasteiger partial charge in [-0.05, 0) is 31.6 Å². The highest BCUT2D eigenvalue weighted by atomic mass is 32.1. The van der Waals surface area contributed by atoms with Gasteiger partial charge >= 0.3 is 0 Å². The molecule has 2 aliphatic rings. The summed E-state index contributed by atoms with van der Waals surface area (Å²) in [4.78, 5) is 15.0. The highest BCUT2D eigenvalue weighted by Crippen LogP contribution is 2.31. The van der Waals surface area contributed by atoms with Crippen molar-refractivity contribution in [1.29, 1.82) is 0 Å². The maximum atomic E-state index is 12.2. The molecule has 1 aliphatic carbocycles. The molecule has 0 bridgehead atoms. The highest BCUT2D eigenvalue weighted by Gasteiger charge is 2.31. The van der Waals surface area contributed by atoms with Gasteiger partial charge in [0.15, 0.2) is 0 Å². The molecule has 19 heavy (non-hydrogen) atoms. The zero-order valence-corrected chi connectivity index (χ0v) is 12.5. The molecule has 0 aromatic rings. The smallest absolute Gasteiger partial charge is 0.223 e. The van der Waals surface area contributed by atoms with Crippen molar-refractivity contribution in [2.45, 2.75) is 45.1 Å². The molecule has 0 spiro atoms. The van der Waals surface area contributed by atoms with E-state index in [0.717, 1.165) is 32.4 Å². The van der Waals surface area contributed by atoms with E-state index in [4.69, 9.17) is 18.0 Å². The van der Waals surface area contributed by atoms with E-state index in [1.165, 1.54) is 12.8 Å². The third kappa shape index (κ3) is 4.14. The Bertz CT molecular complexity index is 340. The number of nitrogens with two attached hydrogens (primary N) is 1. The van der Waals surface area contributed by atoms with Gasteiger partial charge in [0.2, 0.25) is 5.91 Å². The predicted octanol–water partition coefficient (Wildman–Crippen LogP) is 1.29. The summed E-state index contributed by atoms with van der Waals surface area (Å²) in [5.41, 5.74) is 5.56. The molecule has 2 rings (SSSR count). The summed E-state index contributed by atoms with van der Waals surface area (Å²) in [7, 11) is 0. The summed E-state index contributed by atoms with van der Waals surface area (Å²) in [6.45, 7) is 4.85. The Balaban J connectivity index is 1.73. The zero-order valence-electron chi connectivity index (χ0n) is 11.7. The lowest BCUT2D eigenvalue weighted by molar-refractivity contribution is -0.126. The Morgan fingerprint density at radius 2 is 2.00 bits per heavy atom. The topological polar surface area (TPSA) is 58.4 Å². The fraction of sp³-hybridized carbons (Fsp3) is 0.857. The van der Waals surface area contributed by atoms with Crippen molar-refractivity contribution < 1.29 is 4.79 Å². The van der Waals surface area contributed by atoms with E-state index in [-0.39, 0.29) is 11.8 Å². The first-order valence-electron chi connectivity index (χ1n) is 7.37. The molecule has 1 heterocycles. The number of rotatable bonds is 4. The zero-order chi connectivity index (χ0) is 13.8. The normalized spacial score (nSPS) is 29.3. The lowest BCUT2D eigenvalue weighted by atomic mass is 9.96. The van der Waals surface area contributed by atoms with Crippen molar-refractivity contribution in [3.05, 3.63) is 0 Å². The van der Waals surface area contributed by atoms with Gasteiger partial charge < -0.3 is 11.1 Å². The molecule has 2 unspecified atom stereocenters. The monoisotopic (exact) mass is 283 g/mol. The van der Waals surface area contributed by atoms with Gasteiger partial charge in [-0.3, -0.25) is 9.69 Å². The number of nitrogens with zero attached hydrogens (tertiary/aromatic N) is 1. The number of carbonyl (C=O) groups is 1. The van der Waals surface area contributed by atoms with Gasteiger partial charge in [-0.25, -0.2) is 0 Å². The number of thiocarbonyl (C=S) groups is 1. The summed E-state index contributed by atoms with van der Waals surface area (Å²) in [5.74, 6) is 1.07. The summed E-state index contributed by atoms with van der Waals surface area (Å²) >= 11 is 4.93. The van der Waals surface area contributed by atoms with Crippen LogP contribution >= 0.6 is 12.2 Å². The van der Waals surface area contributed by atoms with Crippen LogP contribution in [0.2, 0.25) is 0 Å². The van der Waals surface area contributed by atoms with Gasteiger partial charge in [0.05, 0.1) is 4.99 Å². The maximum absolute atomic E-state index is 12.2. The van der Waals surface area contributed by atoms with E-state index in [9.17, 15) is 4.79 Å². The molecule has 5 heteroatoms. The van der Waals surface area contributed by atoms with Crippen LogP contribution in [0.5, 0.6) is 0 Å². The molecule has 1 saturated heterocycles. The van der Waals surface area contributed by atoms with Crippen LogP contribution in [0.15, 0.2) is 0 Å². The van der Waals surface area contributed by atoms with Crippen LogP contribution in [-0.2, 0) is 4.79 Å². The summed E-state index contributed by atoms with van der Waals surface area (Å²) in [6.07, 6.45) is 5.48. The lowest BCUT2D eigenvalue weighted by Gasteiger charge is -2.32. The second-order valence-corrected chi connectivity index (χ2v) is 6.56. The predicted molar refractivity (Wildman–Crippen MR) is 80.9 cm³/mol. The van der Waals surface area contributed by atoms with Crippen LogP contribution in [-0.4, -0.2) is 41.5 Å². The van der Waals surface area contributed by atoms with E-state index in [0.29, 0.717) is 23.5 Å². The summed E-state index contributed by atoms with van der Waals surface area (Å²) in [6, 6.07) is 0.336. The molecule has 0 aromatic heterocycles. The van der Waals surface area contributed by atoms with Gasteiger partial charge in [-0.2, -0.15) is 0 Å². The van der Waals surface area contributed by atoms with Crippen LogP contribution in [0, 0.1) is 11.8 Å². The largest absolute Gasteiger partial charge is 0.392 e. The SMILES string of the molecule is CC1CCCC1C(=O)NC1CCN(CC(N)=S)CC1. The summed E-state index contributed by atoms with van der Waals surface area (Å²) in [5, 5.41) is 3.24. The Hall–Kier alpha value is -0.680. The molecule has 4 nitrogen and oxygen atoms in total. The van der Waals surface area contributed by atoms with Gasteiger partial charge in [-0.1, -0.05) is 25.6 Å². The molecular weight excluding hydrogens is 258 g/mol. The molecule has 1 aliphatic heterocycles. The minimum absolute atomic E-state index is 0.245. The molecule has 108 valence electrons. The standard InChI is InChI=1S/C14H25N3OS/c1-10-3-2-4-12(10)14(18)16-11-5-7-17(8-6-11)9-13(15)19/h10-12H,2-9H2,1H3,(H2,15,19)(H,16,18). The fourth-order valence-electron chi connectivity index (χ4n) is 3.30. The first-order valence-corrected chi connectivity index (χ1v) is 7.78. The Kier molecular flexibility index (Phi) is 5.16. The van der Waals surface area contributed by atoms with Crippen LogP contribution in [0.4, 0.5) is 0 Å². The van der Waals surface area contributed by atoms with Gasteiger partial charge in [0.25, 0.3) is 0 Å². The van der Waals surface area contributed by atoms with Gasteiger partial charge in [0, 0.05) is 31.6 Å². The number of piperidine rings is 1. The van der Waals surface area contributed by atoms with Crippen LogP contribution in [0.1, 0.15) is 39.0 Å². The van der Waals surface area contributed by atoms with Crippen LogP contribution in [0.25, 0.3) is 0 Å². The minimum atomic E-state index is 0.245. The van der Waals surface area contributed by atoms with Crippen molar-refractivity contribution in [2.75, 3.05) is 19.6 Å². The Morgan fingerprint density at radius 3 is 2.53 bits per heavy atom. The molecule has 0 aromatic carbocycles. The Morgan fingerprint density at radius 1 is 1.32 bits per heavy atom. The summed E-state index contributed by atoms with van der Waals surface area (Å²) < 4.78 is 0. The minimum Gasteiger partial charge on any atom is -0.392 e. The van der Waals surface area contributed by atoms with Crippen LogP contribution in [0.3, 0.4) is 0 Å². The molecule has 3 N–H and O–H groups in total. The molecular formula is C14H25N3OS. The van der Waals surface area contributed by atoms with E-state index < -0.39 is 0 Å². The fourth-order valence-corrected chi connectivity index (χ4v) is 3.48. The number of hydrogen-bond acceptors (Lipinski definition) is 3. The number of likely N-dealkylation sites (tertiary alicyclic amines) is 1. The third-order valence-electron chi connectivity index (χ3n) is 4.51. The molecule has 0 radical (unpaired) electrons.